The van der Waals surface area contributed by atoms with E-state index in [2.05, 4.69) is 37.9 Å². The van der Waals surface area contributed by atoms with Crippen molar-refractivity contribution in [1.82, 2.24) is 4.98 Å². The van der Waals surface area contributed by atoms with Crippen molar-refractivity contribution in [2.24, 2.45) is 0 Å². The second-order valence-electron chi connectivity index (χ2n) is 7.43. The molecule has 4 heteroatoms. The topological polar surface area (TPSA) is 39.2 Å². The minimum atomic E-state index is -0.389. The first-order valence-corrected chi connectivity index (χ1v) is 9.50. The van der Waals surface area contributed by atoms with Crippen molar-refractivity contribution in [2.75, 3.05) is 0 Å². The van der Waals surface area contributed by atoms with Gasteiger partial charge in [-0.2, -0.15) is 0 Å². The van der Waals surface area contributed by atoms with Gasteiger partial charge in [0, 0.05) is 10.9 Å². The van der Waals surface area contributed by atoms with Gasteiger partial charge in [-0.05, 0) is 23.5 Å². The minimum Gasteiger partial charge on any atom is -0.456 e. The molecule has 0 radical (unpaired) electrons. The van der Waals surface area contributed by atoms with Crippen LogP contribution in [0.15, 0.2) is 53.9 Å². The summed E-state index contributed by atoms with van der Waals surface area (Å²) in [4.78, 5) is 16.7. The fraction of sp³-hybridized carbons (Fsp3) is 0.273. The minimum absolute atomic E-state index is 0.113. The van der Waals surface area contributed by atoms with Crippen LogP contribution in [0.3, 0.4) is 0 Å². The van der Waals surface area contributed by atoms with Gasteiger partial charge in [0.05, 0.1) is 0 Å². The number of aryl methyl sites for hydroxylation is 1. The van der Waals surface area contributed by atoms with E-state index < -0.39 is 0 Å². The van der Waals surface area contributed by atoms with Crippen molar-refractivity contribution in [3.63, 3.8) is 0 Å². The molecule has 1 heterocycles. The normalized spacial score (nSPS) is 11.4. The van der Waals surface area contributed by atoms with Gasteiger partial charge in [-0.1, -0.05) is 74.9 Å². The number of carbonyl (C=O) groups is 1. The molecule has 0 aliphatic carbocycles. The Morgan fingerprint density at radius 3 is 2.31 bits per heavy atom. The van der Waals surface area contributed by atoms with Crippen LogP contribution in [-0.4, -0.2) is 11.0 Å². The van der Waals surface area contributed by atoms with E-state index in [1.54, 1.807) is 5.38 Å². The number of aromatic nitrogens is 1. The molecule has 0 saturated carbocycles. The third-order valence-electron chi connectivity index (χ3n) is 4.20. The number of hydrogen-bond donors (Lipinski definition) is 0. The molecule has 26 heavy (non-hydrogen) atoms. The zero-order valence-corrected chi connectivity index (χ0v) is 16.4. The second-order valence-corrected chi connectivity index (χ2v) is 8.29. The summed E-state index contributed by atoms with van der Waals surface area (Å²) in [5, 5.41) is 2.58. The highest BCUT2D eigenvalue weighted by molar-refractivity contribution is 7.13. The van der Waals surface area contributed by atoms with E-state index in [9.17, 15) is 4.79 Å². The van der Waals surface area contributed by atoms with E-state index in [0.717, 1.165) is 16.1 Å². The molecule has 1 aromatic heterocycles. The first kappa shape index (κ1) is 18.3. The largest absolute Gasteiger partial charge is 0.456 e. The smallest absolute Gasteiger partial charge is 0.358 e. The second kappa shape index (κ2) is 7.42. The number of hydrogen-bond acceptors (Lipinski definition) is 4. The Labute approximate surface area is 158 Å². The van der Waals surface area contributed by atoms with Gasteiger partial charge < -0.3 is 4.74 Å². The number of thiazole rings is 1. The summed E-state index contributed by atoms with van der Waals surface area (Å²) in [5.41, 5.74) is 4.91. The molecule has 0 N–H and O–H groups in total. The van der Waals surface area contributed by atoms with Gasteiger partial charge in [0.1, 0.15) is 11.6 Å². The molecule has 0 fully saturated rings. The molecule has 0 aliphatic rings. The lowest BCUT2D eigenvalue weighted by Gasteiger charge is -2.19. The molecular formula is C22H23NO2S. The van der Waals surface area contributed by atoms with Crippen molar-refractivity contribution in [2.45, 2.75) is 39.7 Å². The summed E-state index contributed by atoms with van der Waals surface area (Å²) in [7, 11) is 0. The number of carbonyl (C=O) groups excluding carboxylic acids is 1. The molecule has 0 saturated heterocycles. The molecule has 2 aromatic carbocycles. The summed E-state index contributed by atoms with van der Waals surface area (Å²) in [6.07, 6.45) is 0. The fourth-order valence-electron chi connectivity index (χ4n) is 2.52. The van der Waals surface area contributed by atoms with Gasteiger partial charge in [0.25, 0.3) is 0 Å². The highest BCUT2D eigenvalue weighted by Crippen LogP contribution is 2.25. The SMILES string of the molecule is Cc1ccc(-c2nc(C(=O)OCc3ccc(C(C)(C)C)cc3)cs2)cc1. The van der Waals surface area contributed by atoms with E-state index in [4.69, 9.17) is 4.74 Å². The van der Waals surface area contributed by atoms with Crippen molar-refractivity contribution in [3.8, 4) is 10.6 Å². The summed E-state index contributed by atoms with van der Waals surface area (Å²) in [6.45, 7) is 8.82. The Bertz CT molecular complexity index is 887. The molecule has 0 amide bonds. The molecule has 3 nitrogen and oxygen atoms in total. The van der Waals surface area contributed by atoms with Gasteiger partial charge in [0.15, 0.2) is 5.69 Å². The zero-order chi connectivity index (χ0) is 18.7. The highest BCUT2D eigenvalue weighted by atomic mass is 32.1. The molecule has 3 aromatic rings. The van der Waals surface area contributed by atoms with E-state index in [1.807, 2.05) is 43.3 Å². The van der Waals surface area contributed by atoms with Gasteiger partial charge in [-0.15, -0.1) is 11.3 Å². The van der Waals surface area contributed by atoms with Crippen molar-refractivity contribution in [3.05, 3.63) is 76.3 Å². The van der Waals surface area contributed by atoms with Crippen LogP contribution in [0.4, 0.5) is 0 Å². The number of esters is 1. The maximum Gasteiger partial charge on any atom is 0.358 e. The third-order valence-corrected chi connectivity index (χ3v) is 5.09. The van der Waals surface area contributed by atoms with Crippen LogP contribution in [0.2, 0.25) is 0 Å². The quantitative estimate of drug-likeness (QED) is 0.551. The summed E-state index contributed by atoms with van der Waals surface area (Å²) >= 11 is 1.45. The molecule has 0 unspecified atom stereocenters. The Morgan fingerprint density at radius 1 is 1.04 bits per heavy atom. The maximum atomic E-state index is 12.3. The van der Waals surface area contributed by atoms with Crippen molar-refractivity contribution in [1.29, 1.82) is 0 Å². The van der Waals surface area contributed by atoms with Crippen LogP contribution in [0.25, 0.3) is 10.6 Å². The average molecular weight is 365 g/mol. The van der Waals surface area contributed by atoms with Gasteiger partial charge in [-0.25, -0.2) is 9.78 Å². The van der Waals surface area contributed by atoms with E-state index >= 15 is 0 Å². The number of ether oxygens (including phenoxy) is 1. The van der Waals surface area contributed by atoms with Gasteiger partial charge in [-0.3, -0.25) is 0 Å². The number of rotatable bonds is 4. The van der Waals surface area contributed by atoms with Crippen LogP contribution >= 0.6 is 11.3 Å². The van der Waals surface area contributed by atoms with Crippen LogP contribution in [0, 0.1) is 6.92 Å². The number of nitrogens with zero attached hydrogens (tertiary/aromatic N) is 1. The van der Waals surface area contributed by atoms with Gasteiger partial charge >= 0.3 is 5.97 Å². The van der Waals surface area contributed by atoms with E-state index in [0.29, 0.717) is 5.69 Å². The third kappa shape index (κ3) is 4.38. The highest BCUT2D eigenvalue weighted by Gasteiger charge is 2.15. The maximum absolute atomic E-state index is 12.3. The molecular weight excluding hydrogens is 342 g/mol. The first-order chi connectivity index (χ1) is 12.3. The molecule has 0 spiro atoms. The number of benzene rings is 2. The predicted molar refractivity (Wildman–Crippen MR) is 107 cm³/mol. The Kier molecular flexibility index (Phi) is 5.23. The average Bonchev–Trinajstić information content (AvgIpc) is 3.10. The molecule has 0 bridgehead atoms. The monoisotopic (exact) mass is 365 g/mol. The lowest BCUT2D eigenvalue weighted by Crippen LogP contribution is -2.11. The molecule has 0 aliphatic heterocycles. The first-order valence-electron chi connectivity index (χ1n) is 8.62. The van der Waals surface area contributed by atoms with Crippen LogP contribution in [0.5, 0.6) is 0 Å². The molecule has 3 rings (SSSR count). The van der Waals surface area contributed by atoms with E-state index in [1.165, 1.54) is 22.5 Å². The fourth-order valence-corrected chi connectivity index (χ4v) is 3.32. The van der Waals surface area contributed by atoms with Crippen LogP contribution < -0.4 is 0 Å². The summed E-state index contributed by atoms with van der Waals surface area (Å²) < 4.78 is 5.41. The Morgan fingerprint density at radius 2 is 1.69 bits per heavy atom. The molecule has 134 valence electrons. The van der Waals surface area contributed by atoms with Gasteiger partial charge in [0.2, 0.25) is 0 Å². The van der Waals surface area contributed by atoms with Crippen molar-refractivity contribution < 1.29 is 9.53 Å². The van der Waals surface area contributed by atoms with Crippen LogP contribution in [0.1, 0.15) is 48.0 Å². The summed E-state index contributed by atoms with van der Waals surface area (Å²) in [5.74, 6) is -0.389. The Balaban J connectivity index is 1.63. The van der Waals surface area contributed by atoms with Crippen molar-refractivity contribution >= 4 is 17.3 Å². The van der Waals surface area contributed by atoms with Crippen LogP contribution in [-0.2, 0) is 16.8 Å². The lowest BCUT2D eigenvalue weighted by molar-refractivity contribution is 0.0466. The predicted octanol–water partition coefficient (Wildman–Crippen LogP) is 5.77. The molecule has 0 atom stereocenters. The van der Waals surface area contributed by atoms with E-state index in [-0.39, 0.29) is 18.0 Å². The lowest BCUT2D eigenvalue weighted by atomic mass is 9.87. The standard InChI is InChI=1S/C22H23NO2S/c1-15-5-9-17(10-6-15)20-23-19(14-26-20)21(24)25-13-16-7-11-18(12-8-16)22(2,3)4/h5-12,14H,13H2,1-4H3. The zero-order valence-electron chi connectivity index (χ0n) is 15.6. The Hall–Kier alpha value is -2.46. The summed E-state index contributed by atoms with van der Waals surface area (Å²) in [6, 6.07) is 16.3.